The summed E-state index contributed by atoms with van der Waals surface area (Å²) in [6, 6.07) is 1.03. The largest absolute Gasteiger partial charge is 0.466 e. The minimum atomic E-state index is -2.87. The van der Waals surface area contributed by atoms with Crippen LogP contribution < -0.4 is 0 Å². The molecule has 17 heavy (non-hydrogen) atoms. The normalized spacial score (nSPS) is 10.7. The molecule has 94 valence electrons. The first-order chi connectivity index (χ1) is 7.95. The molecule has 0 amide bonds. The fourth-order valence-corrected chi connectivity index (χ4v) is 1.31. The van der Waals surface area contributed by atoms with E-state index in [-0.39, 0.29) is 24.2 Å². The third kappa shape index (κ3) is 3.44. The number of esters is 1. The summed E-state index contributed by atoms with van der Waals surface area (Å²) in [6.45, 7) is 3.20. The number of nitrogens with zero attached hydrogens (tertiary/aromatic N) is 1. The zero-order valence-electron chi connectivity index (χ0n) is 9.47. The van der Waals surface area contributed by atoms with Gasteiger partial charge in [-0.2, -0.15) is 4.39 Å². The minimum Gasteiger partial charge on any atom is -0.466 e. The van der Waals surface area contributed by atoms with Crippen molar-refractivity contribution < 1.29 is 22.7 Å². The van der Waals surface area contributed by atoms with Gasteiger partial charge in [0.1, 0.15) is 5.69 Å². The van der Waals surface area contributed by atoms with Crippen molar-refractivity contribution in [1.82, 2.24) is 4.98 Å². The van der Waals surface area contributed by atoms with Gasteiger partial charge in [-0.1, -0.05) is 0 Å². The molecule has 0 spiro atoms. The average molecular weight is 247 g/mol. The van der Waals surface area contributed by atoms with E-state index in [1.54, 1.807) is 6.92 Å². The molecular formula is C11H12F3NO2. The van der Waals surface area contributed by atoms with Crippen molar-refractivity contribution in [2.45, 2.75) is 26.7 Å². The lowest BCUT2D eigenvalue weighted by Crippen LogP contribution is -2.11. The smallest absolute Gasteiger partial charge is 0.310 e. The Morgan fingerprint density at radius 2 is 2.18 bits per heavy atom. The predicted octanol–water partition coefficient (Wildman–Crippen LogP) is 2.57. The number of carbonyl (C=O) groups is 1. The van der Waals surface area contributed by atoms with Gasteiger partial charge in [0.15, 0.2) is 0 Å². The number of alkyl halides is 2. The van der Waals surface area contributed by atoms with E-state index in [4.69, 9.17) is 0 Å². The molecule has 0 aromatic carbocycles. The summed E-state index contributed by atoms with van der Waals surface area (Å²) in [7, 11) is 0. The Morgan fingerprint density at radius 3 is 2.71 bits per heavy atom. The number of hydrogen-bond donors (Lipinski definition) is 0. The van der Waals surface area contributed by atoms with Crippen LogP contribution in [0.3, 0.4) is 0 Å². The quantitative estimate of drug-likeness (QED) is 0.606. The van der Waals surface area contributed by atoms with Crippen molar-refractivity contribution in [3.05, 3.63) is 28.8 Å². The SMILES string of the molecule is CCOC(=O)Cc1cc(C(F)F)nc(F)c1C. The molecule has 0 fully saturated rings. The second kappa shape index (κ2) is 5.65. The molecule has 0 saturated heterocycles. The van der Waals surface area contributed by atoms with Gasteiger partial charge in [-0.3, -0.25) is 4.79 Å². The van der Waals surface area contributed by atoms with E-state index in [2.05, 4.69) is 9.72 Å². The number of aromatic nitrogens is 1. The fourth-order valence-electron chi connectivity index (χ4n) is 1.31. The molecule has 0 radical (unpaired) electrons. The standard InChI is InChI=1S/C11H12F3NO2/c1-3-17-9(16)5-7-4-8(10(12)13)15-11(14)6(7)2/h4,10H,3,5H2,1-2H3. The zero-order chi connectivity index (χ0) is 13.0. The van der Waals surface area contributed by atoms with Crippen LogP contribution in [-0.4, -0.2) is 17.6 Å². The van der Waals surface area contributed by atoms with Gasteiger partial charge in [-0.15, -0.1) is 0 Å². The Morgan fingerprint density at radius 1 is 1.53 bits per heavy atom. The van der Waals surface area contributed by atoms with E-state index < -0.39 is 24.0 Å². The summed E-state index contributed by atoms with van der Waals surface area (Å²) < 4.78 is 42.7. The third-order valence-corrected chi connectivity index (χ3v) is 2.20. The van der Waals surface area contributed by atoms with E-state index >= 15 is 0 Å². The first-order valence-corrected chi connectivity index (χ1v) is 5.05. The zero-order valence-corrected chi connectivity index (χ0v) is 9.47. The molecule has 0 N–H and O–H groups in total. The second-order valence-electron chi connectivity index (χ2n) is 3.40. The molecule has 0 saturated carbocycles. The maximum Gasteiger partial charge on any atom is 0.310 e. The second-order valence-corrected chi connectivity index (χ2v) is 3.40. The molecule has 0 unspecified atom stereocenters. The van der Waals surface area contributed by atoms with Gasteiger partial charge in [0.25, 0.3) is 6.43 Å². The van der Waals surface area contributed by atoms with Gasteiger partial charge >= 0.3 is 5.97 Å². The summed E-state index contributed by atoms with van der Waals surface area (Å²) in [4.78, 5) is 14.3. The van der Waals surface area contributed by atoms with Gasteiger partial charge in [0.2, 0.25) is 5.95 Å². The molecule has 0 atom stereocenters. The number of ether oxygens (including phenoxy) is 1. The lowest BCUT2D eigenvalue weighted by Gasteiger charge is -2.08. The van der Waals surface area contributed by atoms with Gasteiger partial charge in [-0.25, -0.2) is 13.8 Å². The molecular weight excluding hydrogens is 235 g/mol. The first kappa shape index (κ1) is 13.5. The Kier molecular flexibility index (Phi) is 4.48. The maximum absolute atomic E-state index is 13.2. The van der Waals surface area contributed by atoms with Crippen LogP contribution in [-0.2, 0) is 16.0 Å². The summed E-state index contributed by atoms with van der Waals surface area (Å²) in [5, 5.41) is 0. The molecule has 0 aliphatic heterocycles. The van der Waals surface area contributed by atoms with E-state index in [0.29, 0.717) is 0 Å². The molecule has 0 aliphatic carbocycles. The monoisotopic (exact) mass is 247 g/mol. The van der Waals surface area contributed by atoms with E-state index in [0.717, 1.165) is 6.07 Å². The van der Waals surface area contributed by atoms with Crippen LogP contribution in [0.5, 0.6) is 0 Å². The highest BCUT2D eigenvalue weighted by molar-refractivity contribution is 5.73. The molecule has 1 heterocycles. The fraction of sp³-hybridized carbons (Fsp3) is 0.455. The number of rotatable bonds is 4. The summed E-state index contributed by atoms with van der Waals surface area (Å²) in [5.41, 5.74) is -0.416. The minimum absolute atomic E-state index is 0.0856. The number of hydrogen-bond acceptors (Lipinski definition) is 3. The van der Waals surface area contributed by atoms with Gasteiger partial charge in [-0.05, 0) is 25.5 Å². The number of halogens is 3. The van der Waals surface area contributed by atoms with Crippen molar-refractivity contribution in [3.63, 3.8) is 0 Å². The first-order valence-electron chi connectivity index (χ1n) is 5.05. The predicted molar refractivity (Wildman–Crippen MR) is 54.2 cm³/mol. The van der Waals surface area contributed by atoms with Crippen LogP contribution in [0.1, 0.15) is 30.2 Å². The van der Waals surface area contributed by atoms with Crippen LogP contribution in [0.2, 0.25) is 0 Å². The molecule has 3 nitrogen and oxygen atoms in total. The van der Waals surface area contributed by atoms with Crippen molar-refractivity contribution >= 4 is 5.97 Å². The van der Waals surface area contributed by atoms with Crippen molar-refractivity contribution in [2.75, 3.05) is 6.61 Å². The average Bonchev–Trinajstić information content (AvgIpc) is 2.24. The van der Waals surface area contributed by atoms with Gasteiger partial charge < -0.3 is 4.74 Å². The molecule has 1 aromatic rings. The Bertz CT molecular complexity index is 421. The van der Waals surface area contributed by atoms with E-state index in [1.807, 2.05) is 0 Å². The van der Waals surface area contributed by atoms with E-state index in [1.165, 1.54) is 6.92 Å². The van der Waals surface area contributed by atoms with Gasteiger partial charge in [0, 0.05) is 5.56 Å². The summed E-state index contributed by atoms with van der Waals surface area (Å²) in [5.74, 6) is -1.57. The Balaban J connectivity index is 3.01. The highest BCUT2D eigenvalue weighted by Crippen LogP contribution is 2.21. The molecule has 0 bridgehead atoms. The molecule has 1 rings (SSSR count). The van der Waals surface area contributed by atoms with Crippen molar-refractivity contribution in [1.29, 1.82) is 0 Å². The molecule has 6 heteroatoms. The maximum atomic E-state index is 13.2. The lowest BCUT2D eigenvalue weighted by atomic mass is 10.1. The molecule has 1 aromatic heterocycles. The van der Waals surface area contributed by atoms with Gasteiger partial charge in [0.05, 0.1) is 13.0 Å². The van der Waals surface area contributed by atoms with Crippen LogP contribution in [0.25, 0.3) is 0 Å². The summed E-state index contributed by atoms with van der Waals surface area (Å²) in [6.07, 6.45) is -3.11. The third-order valence-electron chi connectivity index (χ3n) is 2.20. The lowest BCUT2D eigenvalue weighted by molar-refractivity contribution is -0.142. The van der Waals surface area contributed by atoms with E-state index in [9.17, 15) is 18.0 Å². The van der Waals surface area contributed by atoms with Crippen molar-refractivity contribution in [2.24, 2.45) is 0 Å². The van der Waals surface area contributed by atoms with Crippen LogP contribution in [0, 0.1) is 12.9 Å². The van der Waals surface area contributed by atoms with Crippen LogP contribution >= 0.6 is 0 Å². The van der Waals surface area contributed by atoms with Crippen LogP contribution in [0.15, 0.2) is 6.07 Å². The Hall–Kier alpha value is -1.59. The summed E-state index contributed by atoms with van der Waals surface area (Å²) >= 11 is 0. The number of carbonyl (C=O) groups excluding carboxylic acids is 1. The topological polar surface area (TPSA) is 39.2 Å². The van der Waals surface area contributed by atoms with Crippen molar-refractivity contribution in [3.8, 4) is 0 Å². The van der Waals surface area contributed by atoms with Crippen LogP contribution in [0.4, 0.5) is 13.2 Å². The molecule has 0 aliphatic rings. The number of pyridine rings is 1. The highest BCUT2D eigenvalue weighted by atomic mass is 19.3. The highest BCUT2D eigenvalue weighted by Gasteiger charge is 2.17. The Labute approximate surface area is 96.6 Å².